The van der Waals surface area contributed by atoms with Gasteiger partial charge in [0.2, 0.25) is 0 Å². The first-order valence-corrected chi connectivity index (χ1v) is 6.86. The van der Waals surface area contributed by atoms with Gasteiger partial charge in [0.05, 0.1) is 5.69 Å². The molecule has 3 rings (SSSR count). The SMILES string of the molecule is Clc1cccc(-c2[c]c(Cc3ccccc3)ccn2)c1. The summed E-state index contributed by atoms with van der Waals surface area (Å²) in [6.07, 6.45) is 2.68. The van der Waals surface area contributed by atoms with Gasteiger partial charge in [0, 0.05) is 22.8 Å². The molecule has 0 aliphatic carbocycles. The topological polar surface area (TPSA) is 12.9 Å². The average molecular weight is 279 g/mol. The van der Waals surface area contributed by atoms with Crippen molar-refractivity contribution in [1.82, 2.24) is 4.98 Å². The van der Waals surface area contributed by atoms with Crippen LogP contribution < -0.4 is 0 Å². The molecule has 0 amide bonds. The number of halogens is 1. The van der Waals surface area contributed by atoms with E-state index < -0.39 is 0 Å². The first kappa shape index (κ1) is 12.9. The molecular weight excluding hydrogens is 266 g/mol. The van der Waals surface area contributed by atoms with Crippen LogP contribution in [-0.4, -0.2) is 4.98 Å². The molecule has 1 aromatic heterocycles. The van der Waals surface area contributed by atoms with Crippen molar-refractivity contribution in [3.8, 4) is 11.3 Å². The number of benzene rings is 2. The third kappa shape index (κ3) is 3.06. The van der Waals surface area contributed by atoms with Gasteiger partial charge in [-0.25, -0.2) is 0 Å². The van der Waals surface area contributed by atoms with Crippen LogP contribution >= 0.6 is 11.6 Å². The minimum atomic E-state index is 0.714. The van der Waals surface area contributed by atoms with E-state index in [4.69, 9.17) is 11.6 Å². The van der Waals surface area contributed by atoms with E-state index in [1.165, 1.54) is 5.56 Å². The van der Waals surface area contributed by atoms with Gasteiger partial charge in [-0.2, -0.15) is 0 Å². The summed E-state index contributed by atoms with van der Waals surface area (Å²) in [6, 6.07) is 23.4. The molecule has 0 fully saturated rings. The Morgan fingerprint density at radius 3 is 2.60 bits per heavy atom. The van der Waals surface area contributed by atoms with Crippen LogP contribution in [0.5, 0.6) is 0 Å². The summed E-state index contributed by atoms with van der Waals surface area (Å²) in [5.41, 5.74) is 4.22. The summed E-state index contributed by atoms with van der Waals surface area (Å²) in [5.74, 6) is 0. The highest BCUT2D eigenvalue weighted by Gasteiger charge is 2.03. The van der Waals surface area contributed by atoms with Crippen LogP contribution in [0.1, 0.15) is 11.1 Å². The van der Waals surface area contributed by atoms with Gasteiger partial charge in [0.15, 0.2) is 0 Å². The van der Waals surface area contributed by atoms with Crippen molar-refractivity contribution in [2.24, 2.45) is 0 Å². The highest BCUT2D eigenvalue weighted by Crippen LogP contribution is 2.21. The van der Waals surface area contributed by atoms with Crippen LogP contribution in [0.15, 0.2) is 66.9 Å². The molecular formula is C18H13ClN. The van der Waals surface area contributed by atoms with Crippen LogP contribution in [0.25, 0.3) is 11.3 Å². The van der Waals surface area contributed by atoms with Crippen LogP contribution in [0, 0.1) is 6.07 Å². The standard InChI is InChI=1S/C18H13ClN/c19-17-8-4-7-16(13-17)18-12-15(9-10-20-18)11-14-5-2-1-3-6-14/h1-10,13H,11H2. The fourth-order valence-corrected chi connectivity index (χ4v) is 2.32. The lowest BCUT2D eigenvalue weighted by atomic mass is 10.0. The van der Waals surface area contributed by atoms with E-state index in [0.29, 0.717) is 5.02 Å². The van der Waals surface area contributed by atoms with Crippen molar-refractivity contribution in [1.29, 1.82) is 0 Å². The summed E-state index contributed by atoms with van der Waals surface area (Å²) in [7, 11) is 0. The number of hydrogen-bond acceptors (Lipinski definition) is 1. The zero-order valence-corrected chi connectivity index (χ0v) is 11.6. The maximum atomic E-state index is 6.02. The van der Waals surface area contributed by atoms with Gasteiger partial charge in [0.25, 0.3) is 0 Å². The first-order valence-electron chi connectivity index (χ1n) is 6.48. The summed E-state index contributed by atoms with van der Waals surface area (Å²) in [4.78, 5) is 4.38. The van der Waals surface area contributed by atoms with Gasteiger partial charge in [-0.15, -0.1) is 0 Å². The van der Waals surface area contributed by atoms with Gasteiger partial charge >= 0.3 is 0 Å². The summed E-state index contributed by atoms with van der Waals surface area (Å²) in [6.45, 7) is 0. The van der Waals surface area contributed by atoms with Crippen molar-refractivity contribution in [2.45, 2.75) is 6.42 Å². The highest BCUT2D eigenvalue weighted by atomic mass is 35.5. The number of pyridine rings is 1. The molecule has 1 nitrogen and oxygen atoms in total. The number of hydrogen-bond donors (Lipinski definition) is 0. The van der Waals surface area contributed by atoms with Gasteiger partial charge in [-0.05, 0) is 35.7 Å². The summed E-state index contributed by atoms with van der Waals surface area (Å²) >= 11 is 6.02. The van der Waals surface area contributed by atoms with Crippen LogP contribution in [0.4, 0.5) is 0 Å². The molecule has 20 heavy (non-hydrogen) atoms. The van der Waals surface area contributed by atoms with E-state index >= 15 is 0 Å². The molecule has 0 aliphatic rings. The van der Waals surface area contributed by atoms with E-state index in [1.807, 2.05) is 42.6 Å². The maximum absolute atomic E-state index is 6.02. The Morgan fingerprint density at radius 1 is 0.950 bits per heavy atom. The van der Waals surface area contributed by atoms with Crippen LogP contribution in [0.3, 0.4) is 0 Å². The molecule has 3 aromatic rings. The third-order valence-electron chi connectivity index (χ3n) is 3.09. The molecule has 0 spiro atoms. The van der Waals surface area contributed by atoms with Crippen molar-refractivity contribution in [2.75, 3.05) is 0 Å². The fraction of sp³-hybridized carbons (Fsp3) is 0.0556. The third-order valence-corrected chi connectivity index (χ3v) is 3.33. The van der Waals surface area contributed by atoms with Gasteiger partial charge in [-0.3, -0.25) is 4.98 Å². The van der Waals surface area contributed by atoms with Gasteiger partial charge in [-0.1, -0.05) is 54.1 Å². The van der Waals surface area contributed by atoms with E-state index in [-0.39, 0.29) is 0 Å². The molecule has 0 saturated carbocycles. The second-order valence-electron chi connectivity index (χ2n) is 4.62. The maximum Gasteiger partial charge on any atom is 0.0784 e. The summed E-state index contributed by atoms with van der Waals surface area (Å²) < 4.78 is 0. The second-order valence-corrected chi connectivity index (χ2v) is 5.05. The zero-order chi connectivity index (χ0) is 13.8. The average Bonchev–Trinajstić information content (AvgIpc) is 2.49. The second kappa shape index (κ2) is 5.89. The fourth-order valence-electron chi connectivity index (χ4n) is 2.13. The molecule has 0 atom stereocenters. The number of nitrogens with zero attached hydrogens (tertiary/aromatic N) is 1. The Hall–Kier alpha value is -2.12. The van der Waals surface area contributed by atoms with Crippen molar-refractivity contribution in [3.05, 3.63) is 89.1 Å². The Labute approximate surface area is 123 Å². The Bertz CT molecular complexity index is 707. The van der Waals surface area contributed by atoms with Crippen molar-refractivity contribution < 1.29 is 0 Å². The molecule has 0 saturated heterocycles. The normalized spacial score (nSPS) is 10.4. The van der Waals surface area contributed by atoms with Crippen molar-refractivity contribution >= 4 is 11.6 Å². The molecule has 1 radical (unpaired) electrons. The lowest BCUT2D eigenvalue weighted by Crippen LogP contribution is -1.91. The van der Waals surface area contributed by atoms with E-state index in [0.717, 1.165) is 23.2 Å². The van der Waals surface area contributed by atoms with Crippen LogP contribution in [-0.2, 0) is 6.42 Å². The predicted molar refractivity (Wildman–Crippen MR) is 82.8 cm³/mol. The van der Waals surface area contributed by atoms with Gasteiger partial charge in [0.1, 0.15) is 0 Å². The Kier molecular flexibility index (Phi) is 3.80. The number of aromatic nitrogens is 1. The highest BCUT2D eigenvalue weighted by molar-refractivity contribution is 6.30. The molecule has 1 heterocycles. The molecule has 2 aromatic carbocycles. The lowest BCUT2D eigenvalue weighted by Gasteiger charge is -2.05. The Balaban J connectivity index is 1.90. The molecule has 2 heteroatoms. The lowest BCUT2D eigenvalue weighted by molar-refractivity contribution is 1.16. The zero-order valence-electron chi connectivity index (χ0n) is 10.9. The predicted octanol–water partition coefficient (Wildman–Crippen LogP) is 4.79. The number of rotatable bonds is 3. The largest absolute Gasteiger partial charge is 0.256 e. The molecule has 0 bridgehead atoms. The molecule has 0 N–H and O–H groups in total. The smallest absolute Gasteiger partial charge is 0.0784 e. The van der Waals surface area contributed by atoms with Gasteiger partial charge < -0.3 is 0 Å². The molecule has 0 unspecified atom stereocenters. The van der Waals surface area contributed by atoms with E-state index in [1.54, 1.807) is 0 Å². The Morgan fingerprint density at radius 2 is 1.80 bits per heavy atom. The molecule has 97 valence electrons. The van der Waals surface area contributed by atoms with E-state index in [9.17, 15) is 0 Å². The van der Waals surface area contributed by atoms with Crippen molar-refractivity contribution in [3.63, 3.8) is 0 Å². The first-order chi connectivity index (χ1) is 9.81. The minimum Gasteiger partial charge on any atom is -0.256 e. The summed E-state index contributed by atoms with van der Waals surface area (Å²) in [5, 5.41) is 0.714. The monoisotopic (exact) mass is 278 g/mol. The van der Waals surface area contributed by atoms with E-state index in [2.05, 4.69) is 35.3 Å². The molecule has 0 aliphatic heterocycles. The minimum absolute atomic E-state index is 0.714. The quantitative estimate of drug-likeness (QED) is 0.671. The van der Waals surface area contributed by atoms with Crippen LogP contribution in [0.2, 0.25) is 5.02 Å².